The number of nitrogens with zero attached hydrogens (tertiary/aromatic N) is 7. The highest BCUT2D eigenvalue weighted by molar-refractivity contribution is 7.99. The summed E-state index contributed by atoms with van der Waals surface area (Å²) in [7, 11) is 2.08. The van der Waals surface area contributed by atoms with Gasteiger partial charge in [-0.05, 0) is 116 Å². The maximum absolute atomic E-state index is 13.4. The maximum atomic E-state index is 13.4. The predicted molar refractivity (Wildman–Crippen MR) is 546 cm³/mol. The van der Waals surface area contributed by atoms with E-state index in [1.165, 1.54) is 6.42 Å². The minimum Gasteiger partial charge on any atom is -0.378 e. The second-order valence-corrected chi connectivity index (χ2v) is 36.4. The zero-order valence-corrected chi connectivity index (χ0v) is 80.8. The van der Waals surface area contributed by atoms with Crippen LogP contribution in [0, 0.1) is 6.92 Å². The van der Waals surface area contributed by atoms with Crippen LogP contribution in [0.2, 0.25) is 0 Å². The number of hydrogen-bond acceptors (Lipinski definition) is 23. The van der Waals surface area contributed by atoms with Gasteiger partial charge in [0.2, 0.25) is 40.5 Å². The van der Waals surface area contributed by atoms with Crippen molar-refractivity contribution in [3.05, 3.63) is 391 Å². The third kappa shape index (κ3) is 23.5. The van der Waals surface area contributed by atoms with E-state index < -0.39 is 5.91 Å². The molecule has 139 heavy (non-hydrogen) atoms. The number of carbonyl (C=O) groups excluding carboxylic acids is 13. The normalized spacial score (nSPS) is 17.6. The second-order valence-electron chi connectivity index (χ2n) is 35.2. The van der Waals surface area contributed by atoms with Crippen LogP contribution < -0.4 is 10.6 Å². The van der Waals surface area contributed by atoms with Gasteiger partial charge < -0.3 is 49.7 Å². The van der Waals surface area contributed by atoms with Gasteiger partial charge in [0.05, 0.1) is 41.7 Å². The van der Waals surface area contributed by atoms with Gasteiger partial charge in [-0.25, -0.2) is 0 Å². The van der Waals surface area contributed by atoms with Crippen molar-refractivity contribution in [3.63, 3.8) is 0 Å². The zero-order valence-electron chi connectivity index (χ0n) is 80.0. The fourth-order valence-electron chi connectivity index (χ4n) is 18.9. The molecule has 5 heterocycles. The molecule has 0 bridgehead atoms. The van der Waals surface area contributed by atoms with Crippen LogP contribution in [-0.4, -0.2) is 246 Å². The summed E-state index contributed by atoms with van der Waals surface area (Å²) in [6, 6.07) is 49.4. The van der Waals surface area contributed by atoms with Crippen molar-refractivity contribution in [2.75, 3.05) is 136 Å². The van der Waals surface area contributed by atoms with E-state index in [9.17, 15) is 62.3 Å². The Hall–Kier alpha value is -14.0. The number of ketones is 12. The lowest BCUT2D eigenvalue weighted by Gasteiger charge is -2.38. The van der Waals surface area contributed by atoms with E-state index >= 15 is 0 Å². The molecule has 2 N–H and O–H groups in total. The molecule has 7 aromatic rings. The van der Waals surface area contributed by atoms with Gasteiger partial charge in [-0.1, -0.05) is 207 Å². The topological polar surface area (TPSA) is 278 Å². The average molecular weight is 1890 g/mol. The number of fused-ring (bicyclic) bond motifs is 6. The molecule has 0 radical (unpaired) electrons. The molecule has 5 fully saturated rings. The molecule has 6 aliphatic carbocycles. The fraction of sp³-hybridized carbons (Fsp3) is 0.313. The second kappa shape index (κ2) is 49.3. The van der Waals surface area contributed by atoms with Gasteiger partial charge in [0.25, 0.3) is 5.91 Å². The summed E-state index contributed by atoms with van der Waals surface area (Å²) in [5, 5.41) is 5.77. The molecule has 0 aromatic heterocycles. The number of Topliss-reactive ketones (excluding diaryl/α,β-unsaturated/α-hetero) is 12. The number of likely N-dealkylation sites (N-methyl/N-ethyl adjacent to an activating group) is 2. The smallest absolute Gasteiger partial charge is 0.255 e. The molecule has 5 saturated heterocycles. The van der Waals surface area contributed by atoms with Crippen LogP contribution in [-0.2, 0) is 4.74 Å². The number of piperidine rings is 1. The summed E-state index contributed by atoms with van der Waals surface area (Å²) in [5.41, 5.74) is 13.8. The third-order valence-corrected chi connectivity index (χ3v) is 27.3. The number of thioether (sulfide) groups is 1. The number of allylic oxidation sites excluding steroid dienone is 17. The number of nitrogens with one attached hydrogen (secondary N) is 2. The minimum absolute atomic E-state index is 0.00108. The van der Waals surface area contributed by atoms with Gasteiger partial charge in [-0.15, -0.1) is 39.5 Å². The summed E-state index contributed by atoms with van der Waals surface area (Å²) >= 11 is 1.89. The van der Waals surface area contributed by atoms with Gasteiger partial charge in [-0.2, -0.15) is 11.8 Å². The maximum Gasteiger partial charge on any atom is 0.255 e. The van der Waals surface area contributed by atoms with Crippen molar-refractivity contribution in [3.8, 4) is 0 Å². The fourth-order valence-corrected chi connectivity index (χ4v) is 19.8. The van der Waals surface area contributed by atoms with Gasteiger partial charge in [-0.3, -0.25) is 62.3 Å². The van der Waals surface area contributed by atoms with Crippen molar-refractivity contribution < 1.29 is 67.1 Å². The molecule has 24 heteroatoms. The first-order chi connectivity index (χ1) is 67.5. The molecular weight excluding hydrogens is 1760 g/mol. The number of aryl methyl sites for hydroxylation is 1. The highest BCUT2D eigenvalue weighted by Gasteiger charge is 2.43. The van der Waals surface area contributed by atoms with E-state index in [1.54, 1.807) is 158 Å². The number of rotatable bonds is 26. The Labute approximate surface area is 819 Å². The summed E-state index contributed by atoms with van der Waals surface area (Å²) < 4.78 is 5.36. The monoisotopic (exact) mass is 1890 g/mol. The molecule has 0 saturated carbocycles. The standard InChI is InChI=1S/C24H25N3O3.C19H22N2O2.C19H21NO2.C18H19NO3.C18H19NO2S.C17H17NO2/c1-3-26-12-14-27(15-13-26)21-20(25-24(30)17-10-8-16(2)9-11-17)22(28)18-6-4-5-7-19(18)23(21)29;1-3-4-7-16-17(21-12-10-20(2)11-13-21)19(23)15-9-6-5-8-14(15)18(16)22;1-2-3-9-16-17(20-12-7-4-8-13-20)19(22)15-11-6-5-10-14(15)18(16)21;2*1-2-3-6-15-16(19-9-11-22-12-10-19)18(21)14-8-5-4-7-13(14)17(15)20;1-3-5-8-14-15(18-11-4-2)17(20)13-10-7-6-9-12(13)16(14)19/h4-11H,3,12-15H2,1-2H3,(H,25,30);3,5-6,8-9H,1,4,7,10-13H2,2H3;2,5-6,10-11H,1,3-4,7-9,12-13H2;2*2,4-5,7-8H,1,3,6,9-12H2;3-4,6-7,9-10,18H,1-2,5,8,11H2. The van der Waals surface area contributed by atoms with Crippen molar-refractivity contribution in [1.82, 2.24) is 44.9 Å². The summed E-state index contributed by atoms with van der Waals surface area (Å²) in [6.07, 6.45) is 20.3. The predicted octanol–water partition coefficient (Wildman–Crippen LogP) is 18.0. The highest BCUT2D eigenvalue weighted by Crippen LogP contribution is 2.39. The number of hydrogen-bond donors (Lipinski definition) is 2. The molecule has 11 aliphatic rings. The Bertz CT molecular complexity index is 5870. The largest absolute Gasteiger partial charge is 0.378 e. The summed E-state index contributed by atoms with van der Waals surface area (Å²) in [6.45, 7) is 39.8. The number of ether oxygens (including phenoxy) is 1. The van der Waals surface area contributed by atoms with Crippen molar-refractivity contribution in [1.29, 1.82) is 0 Å². The lowest BCUT2D eigenvalue weighted by Crippen LogP contribution is -2.49. The number of benzene rings is 7. The number of piperazine rings is 2. The van der Waals surface area contributed by atoms with Gasteiger partial charge in [0, 0.05) is 210 Å². The number of likely N-dealkylation sites (tertiary alicyclic amines) is 1. The summed E-state index contributed by atoms with van der Waals surface area (Å²) in [4.78, 5) is 183. The first-order valence-electron chi connectivity index (χ1n) is 48.1. The van der Waals surface area contributed by atoms with Crippen molar-refractivity contribution in [2.24, 2.45) is 0 Å². The van der Waals surface area contributed by atoms with E-state index in [1.807, 2.05) is 77.0 Å². The Balaban J connectivity index is 0.000000141. The molecule has 0 unspecified atom stereocenters. The van der Waals surface area contributed by atoms with Crippen molar-refractivity contribution in [2.45, 2.75) is 97.3 Å². The Morgan fingerprint density at radius 2 is 0.612 bits per heavy atom. The molecule has 0 atom stereocenters. The number of morpholine rings is 1. The van der Waals surface area contributed by atoms with Crippen LogP contribution in [0.4, 0.5) is 0 Å². The first kappa shape index (κ1) is 102. The lowest BCUT2D eigenvalue weighted by molar-refractivity contribution is 0.0494. The van der Waals surface area contributed by atoms with Crippen LogP contribution in [0.25, 0.3) is 0 Å². The average Bonchev–Trinajstić information content (AvgIpc) is 0.749. The summed E-state index contributed by atoms with van der Waals surface area (Å²) in [5.74, 6) is 0.815. The van der Waals surface area contributed by atoms with Crippen molar-refractivity contribution >= 4 is 87.1 Å². The van der Waals surface area contributed by atoms with Crippen LogP contribution in [0.1, 0.15) is 231 Å². The number of carbonyl (C=O) groups is 13. The van der Waals surface area contributed by atoms with Crippen LogP contribution in [0.3, 0.4) is 0 Å². The molecule has 0 spiro atoms. The van der Waals surface area contributed by atoms with Gasteiger partial charge >= 0.3 is 0 Å². The Morgan fingerprint density at radius 3 is 0.957 bits per heavy atom. The van der Waals surface area contributed by atoms with E-state index in [0.717, 1.165) is 102 Å². The molecule has 5 aliphatic heterocycles. The SMILES string of the molecule is C=CCCC1=C(N2CCCCC2)C(=O)c2ccccc2C1=O.C=CCCC1=C(N2CCN(C)CC2)C(=O)c2ccccc2C1=O.C=CCCC1=C(N2CCOCC2)C(=O)c2ccccc2C1=O.C=CCCC1=C(N2CCSCC2)C(=O)c2ccccc2C1=O.C=CCCC1=C(NCC=C)C(=O)c2ccccc2C1=O.CCN1CCN(C2=C(NC(=O)c3ccc(C)cc3)C(=O)c3ccccc3C2=O)CC1. The van der Waals surface area contributed by atoms with Gasteiger partial charge in [0.1, 0.15) is 11.4 Å². The molecule has 23 nitrogen and oxygen atoms in total. The van der Waals surface area contributed by atoms with E-state index in [-0.39, 0.29) is 75.1 Å². The van der Waals surface area contributed by atoms with E-state index in [4.69, 9.17) is 4.74 Å². The minimum atomic E-state index is -0.393. The van der Waals surface area contributed by atoms with E-state index in [2.05, 4.69) is 88.6 Å². The first-order valence-corrected chi connectivity index (χ1v) is 49.3. The van der Waals surface area contributed by atoms with Gasteiger partial charge in [0.15, 0.2) is 28.9 Å². The molecule has 18 rings (SSSR count). The van der Waals surface area contributed by atoms with Crippen LogP contribution in [0.5, 0.6) is 0 Å². The highest BCUT2D eigenvalue weighted by atomic mass is 32.2. The molecule has 718 valence electrons. The molecular formula is C115H123N9O14S. The third-order valence-electron chi connectivity index (χ3n) is 26.3. The number of amides is 1. The van der Waals surface area contributed by atoms with Crippen LogP contribution >= 0.6 is 11.8 Å². The van der Waals surface area contributed by atoms with Crippen LogP contribution in [0.15, 0.2) is 314 Å². The quantitative estimate of drug-likeness (QED) is 0.0477. The Morgan fingerprint density at radius 1 is 0.324 bits per heavy atom. The molecule has 1 amide bonds. The zero-order chi connectivity index (χ0) is 98.8. The van der Waals surface area contributed by atoms with E-state index in [0.29, 0.717) is 245 Å². The lowest BCUT2D eigenvalue weighted by atomic mass is 9.84. The molecule has 7 aromatic carbocycles. The Kier molecular flexibility index (Phi) is 36.3.